The molecular formula is C47H52BrFN13O4P. The number of carbonyl (C=O) groups is 3. The number of hydrogen-bond donors (Lipinski definition) is 4. The van der Waals surface area contributed by atoms with Crippen LogP contribution in [-0.4, -0.2) is 130 Å². The molecule has 17 nitrogen and oxygen atoms in total. The molecule has 6 heterocycles. The molecule has 348 valence electrons. The number of aryl methyl sites for hydroxylation is 1. The van der Waals surface area contributed by atoms with E-state index in [4.69, 9.17) is 9.72 Å². The third kappa shape index (κ3) is 10.2. The Morgan fingerprint density at radius 2 is 1.73 bits per heavy atom. The SMILES string of the molecule is COc1cc(N2CCN(C(=O)CN3CCC(c4ccc(NC5CCC(=O)NC5=O)cc4F)CC3)CC2)c(-c2cnn(C)c2)cc1Nc1ncc(Br)c(Nc2ccc3nccnc3c2P(C)C)n1. The lowest BCUT2D eigenvalue weighted by Gasteiger charge is -2.39. The van der Waals surface area contributed by atoms with E-state index in [0.29, 0.717) is 91.2 Å². The minimum atomic E-state index is -0.578. The summed E-state index contributed by atoms with van der Waals surface area (Å²) in [5.74, 6) is 0.644. The van der Waals surface area contributed by atoms with Gasteiger partial charge in [0.05, 0.1) is 41.0 Å². The van der Waals surface area contributed by atoms with Crippen molar-refractivity contribution >= 4 is 92.4 Å². The van der Waals surface area contributed by atoms with Gasteiger partial charge in [-0.05, 0) is 103 Å². The number of methoxy groups -OCH3 is 1. The third-order valence-corrected chi connectivity index (χ3v) is 14.5. The Balaban J connectivity index is 0.842. The summed E-state index contributed by atoms with van der Waals surface area (Å²) in [5.41, 5.74) is 7.24. The van der Waals surface area contributed by atoms with E-state index in [-0.39, 0.29) is 30.0 Å². The first kappa shape index (κ1) is 45.8. The van der Waals surface area contributed by atoms with E-state index in [0.717, 1.165) is 51.7 Å². The van der Waals surface area contributed by atoms with Gasteiger partial charge in [-0.3, -0.25) is 39.3 Å². The van der Waals surface area contributed by atoms with E-state index in [1.807, 2.05) is 48.6 Å². The number of anilines is 6. The molecule has 3 saturated heterocycles. The number of benzene rings is 3. The lowest BCUT2D eigenvalue weighted by atomic mass is 9.89. The van der Waals surface area contributed by atoms with Crippen molar-refractivity contribution < 1.29 is 23.5 Å². The average molecular weight is 993 g/mol. The monoisotopic (exact) mass is 991 g/mol. The number of hydrogen-bond acceptors (Lipinski definition) is 14. The number of rotatable bonds is 13. The number of halogens is 2. The second kappa shape index (κ2) is 19.9. The number of imide groups is 1. The Kier molecular flexibility index (Phi) is 13.6. The summed E-state index contributed by atoms with van der Waals surface area (Å²) in [4.78, 5) is 62.4. The third-order valence-electron chi connectivity index (χ3n) is 12.6. The maximum atomic E-state index is 15.4. The molecule has 1 atom stereocenters. The fourth-order valence-electron chi connectivity index (χ4n) is 9.10. The van der Waals surface area contributed by atoms with Crippen molar-refractivity contribution in [3.05, 3.63) is 89.3 Å². The normalized spacial score (nSPS) is 17.2. The van der Waals surface area contributed by atoms with Crippen molar-refractivity contribution in [2.75, 3.05) is 87.1 Å². The van der Waals surface area contributed by atoms with Crippen LogP contribution in [-0.2, 0) is 21.4 Å². The number of aromatic nitrogens is 6. The summed E-state index contributed by atoms with van der Waals surface area (Å²) in [5, 5.41) is 17.9. The fourth-order valence-corrected chi connectivity index (χ4v) is 10.6. The van der Waals surface area contributed by atoms with Gasteiger partial charge in [0, 0.05) is 104 Å². The summed E-state index contributed by atoms with van der Waals surface area (Å²) >= 11 is 3.64. The molecule has 0 radical (unpaired) electrons. The fraction of sp³-hybridized carbons (Fsp3) is 0.362. The number of nitrogens with zero attached hydrogens (tertiary/aromatic N) is 9. The minimum absolute atomic E-state index is 0.0276. The van der Waals surface area contributed by atoms with E-state index in [1.54, 1.807) is 42.5 Å². The van der Waals surface area contributed by atoms with Gasteiger partial charge in [-0.1, -0.05) is 14.0 Å². The molecule has 0 saturated carbocycles. The van der Waals surface area contributed by atoms with Gasteiger partial charge in [-0.25, -0.2) is 9.37 Å². The number of amides is 3. The molecule has 3 aliphatic rings. The first-order valence-electron chi connectivity index (χ1n) is 22.2. The van der Waals surface area contributed by atoms with Gasteiger partial charge in [-0.2, -0.15) is 10.1 Å². The Morgan fingerprint density at radius 1 is 0.940 bits per heavy atom. The second-order valence-corrected chi connectivity index (χ2v) is 20.3. The lowest BCUT2D eigenvalue weighted by molar-refractivity contribution is -0.134. The molecule has 3 amide bonds. The molecule has 20 heteroatoms. The van der Waals surface area contributed by atoms with Crippen LogP contribution in [0.3, 0.4) is 0 Å². The highest BCUT2D eigenvalue weighted by Crippen LogP contribution is 2.41. The molecule has 0 bridgehead atoms. The molecule has 3 fully saturated rings. The van der Waals surface area contributed by atoms with Crippen LogP contribution < -0.4 is 36.2 Å². The largest absolute Gasteiger partial charge is 0.494 e. The van der Waals surface area contributed by atoms with Crippen LogP contribution in [0.2, 0.25) is 0 Å². The van der Waals surface area contributed by atoms with Crippen LogP contribution in [0.1, 0.15) is 37.2 Å². The molecule has 0 spiro atoms. The van der Waals surface area contributed by atoms with Crippen LogP contribution in [0, 0.1) is 5.82 Å². The van der Waals surface area contributed by atoms with E-state index in [2.05, 4.69) is 80.4 Å². The van der Waals surface area contributed by atoms with E-state index in [1.165, 1.54) is 6.07 Å². The summed E-state index contributed by atoms with van der Waals surface area (Å²) in [7, 11) is 2.98. The van der Waals surface area contributed by atoms with Crippen molar-refractivity contribution in [3.63, 3.8) is 0 Å². The highest BCUT2D eigenvalue weighted by atomic mass is 79.9. The molecule has 67 heavy (non-hydrogen) atoms. The zero-order valence-corrected chi connectivity index (χ0v) is 40.2. The molecule has 9 rings (SSSR count). The molecule has 3 aliphatic heterocycles. The molecule has 3 aromatic heterocycles. The Bertz CT molecular complexity index is 2830. The number of ether oxygens (including phenoxy) is 1. The van der Waals surface area contributed by atoms with Crippen molar-refractivity contribution in [3.8, 4) is 16.9 Å². The first-order valence-corrected chi connectivity index (χ1v) is 25.3. The number of likely N-dealkylation sites (tertiary alicyclic amines) is 1. The zero-order valence-electron chi connectivity index (χ0n) is 37.7. The predicted molar refractivity (Wildman–Crippen MR) is 263 cm³/mol. The lowest BCUT2D eigenvalue weighted by Crippen LogP contribution is -2.52. The van der Waals surface area contributed by atoms with E-state index >= 15 is 4.39 Å². The first-order chi connectivity index (χ1) is 32.4. The van der Waals surface area contributed by atoms with Crippen molar-refractivity contribution in [2.45, 2.75) is 37.6 Å². The number of fused-ring (bicyclic) bond motifs is 1. The summed E-state index contributed by atoms with van der Waals surface area (Å²) in [6.07, 6.45) is 11.0. The minimum Gasteiger partial charge on any atom is -0.494 e. The van der Waals surface area contributed by atoms with Crippen molar-refractivity contribution in [1.29, 1.82) is 0 Å². The van der Waals surface area contributed by atoms with Gasteiger partial charge < -0.3 is 30.5 Å². The summed E-state index contributed by atoms with van der Waals surface area (Å²) < 4.78 is 23.8. The van der Waals surface area contributed by atoms with Gasteiger partial charge in [0.25, 0.3) is 0 Å². The van der Waals surface area contributed by atoms with Crippen molar-refractivity contribution in [2.24, 2.45) is 7.05 Å². The highest BCUT2D eigenvalue weighted by molar-refractivity contribution is 9.10. The number of nitrogens with one attached hydrogen (secondary N) is 4. The molecule has 0 aliphatic carbocycles. The number of carbonyl (C=O) groups excluding carboxylic acids is 3. The van der Waals surface area contributed by atoms with Crippen LogP contribution in [0.5, 0.6) is 5.75 Å². The second-order valence-electron chi connectivity index (χ2n) is 17.2. The van der Waals surface area contributed by atoms with Gasteiger partial charge in [0.2, 0.25) is 23.7 Å². The van der Waals surface area contributed by atoms with Gasteiger partial charge >= 0.3 is 0 Å². The number of piperazine rings is 1. The summed E-state index contributed by atoms with van der Waals surface area (Å²) in [6, 6.07) is 12.4. The highest BCUT2D eigenvalue weighted by Gasteiger charge is 2.30. The average Bonchev–Trinajstić information content (AvgIpc) is 3.77. The Hall–Kier alpha value is -6.30. The predicted octanol–water partition coefficient (Wildman–Crippen LogP) is 6.33. The Morgan fingerprint density at radius 3 is 2.45 bits per heavy atom. The molecule has 3 aromatic carbocycles. The standard InChI is InChI=1S/C47H52BrFN13O4P/c1-59-26-29(24-53-59)32-22-38(56-47-52-25-33(48)45(58-47)55-36-8-7-35-43(44(36)67(3)4)51-14-13-50-35)40(66-2)23-39(32)61-17-19-62(20-18-61)42(64)27-60-15-11-28(12-16-60)31-6-5-30(21-34(31)49)54-37-9-10-41(63)57-46(37)65/h5-8,13-14,21-26,28,37,54H,9-12,15-20,27H2,1-4H3,(H,57,63,65)(H2,52,55,56,58). The Labute approximate surface area is 397 Å². The molecule has 4 N–H and O–H groups in total. The van der Waals surface area contributed by atoms with E-state index in [9.17, 15) is 14.4 Å². The topological polar surface area (TPSA) is 188 Å². The van der Waals surface area contributed by atoms with Crippen LogP contribution >= 0.6 is 23.9 Å². The molecule has 1 unspecified atom stereocenters. The van der Waals surface area contributed by atoms with Crippen LogP contribution in [0.25, 0.3) is 22.2 Å². The van der Waals surface area contributed by atoms with Gasteiger partial charge in [0.15, 0.2) is 0 Å². The van der Waals surface area contributed by atoms with Gasteiger partial charge in [0.1, 0.15) is 23.4 Å². The van der Waals surface area contributed by atoms with Crippen molar-refractivity contribution in [1.82, 2.24) is 44.8 Å². The van der Waals surface area contributed by atoms with Crippen LogP contribution in [0.4, 0.5) is 38.9 Å². The summed E-state index contributed by atoms with van der Waals surface area (Å²) in [6.45, 7) is 8.41. The quantitative estimate of drug-likeness (QED) is 0.0743. The molecular weight excluding hydrogens is 940 g/mol. The van der Waals surface area contributed by atoms with E-state index < -0.39 is 19.9 Å². The number of piperidine rings is 2. The smallest absolute Gasteiger partial charge is 0.249 e. The molecule has 6 aromatic rings. The van der Waals surface area contributed by atoms with Crippen LogP contribution in [0.15, 0.2) is 77.9 Å². The maximum absolute atomic E-state index is 15.4. The maximum Gasteiger partial charge on any atom is 0.249 e. The zero-order chi connectivity index (χ0) is 46.8. The van der Waals surface area contributed by atoms with Gasteiger partial charge in [-0.15, -0.1) is 0 Å².